The van der Waals surface area contributed by atoms with E-state index < -0.39 is 11.4 Å². The van der Waals surface area contributed by atoms with Crippen LogP contribution in [0.15, 0.2) is 29.2 Å². The van der Waals surface area contributed by atoms with Crippen molar-refractivity contribution in [1.82, 2.24) is 4.57 Å². The zero-order valence-electron chi connectivity index (χ0n) is 13.8. The zero-order chi connectivity index (χ0) is 17.7. The Balaban J connectivity index is 1.98. The van der Waals surface area contributed by atoms with Crippen molar-refractivity contribution in [2.45, 2.75) is 32.2 Å². The molecule has 1 aromatic carbocycles. The molecule has 1 aliphatic carbocycles. The minimum absolute atomic E-state index is 0.00827. The summed E-state index contributed by atoms with van der Waals surface area (Å²) in [5, 5.41) is 9.93. The van der Waals surface area contributed by atoms with E-state index in [1.54, 1.807) is 6.07 Å². The van der Waals surface area contributed by atoms with Gasteiger partial charge in [0.2, 0.25) is 0 Å². The molecule has 0 bridgehead atoms. The molecule has 2 aromatic rings. The summed E-state index contributed by atoms with van der Waals surface area (Å²) < 4.78 is 7.96. The van der Waals surface area contributed by atoms with Crippen LogP contribution in [0.2, 0.25) is 5.02 Å². The van der Waals surface area contributed by atoms with Crippen LogP contribution in [0.5, 0.6) is 5.75 Å². The van der Waals surface area contributed by atoms with Gasteiger partial charge in [0.1, 0.15) is 17.9 Å². The number of fused-ring (bicyclic) bond motifs is 3. The van der Waals surface area contributed by atoms with Crippen LogP contribution >= 0.6 is 11.6 Å². The summed E-state index contributed by atoms with van der Waals surface area (Å²) in [6.07, 6.45) is 4.80. The highest BCUT2D eigenvalue weighted by molar-refractivity contribution is 6.31. The molecule has 5 nitrogen and oxygen atoms in total. The number of pyridine rings is 1. The number of carboxylic acids is 1. The lowest BCUT2D eigenvalue weighted by atomic mass is 9.79. The number of hydrogen-bond acceptors (Lipinski definition) is 3. The highest BCUT2D eigenvalue weighted by atomic mass is 35.5. The van der Waals surface area contributed by atoms with E-state index in [4.69, 9.17) is 16.3 Å². The Morgan fingerprint density at radius 1 is 1.32 bits per heavy atom. The van der Waals surface area contributed by atoms with Gasteiger partial charge in [-0.1, -0.05) is 18.0 Å². The van der Waals surface area contributed by atoms with Crippen LogP contribution in [0.3, 0.4) is 0 Å². The molecule has 2 heterocycles. The maximum Gasteiger partial charge on any atom is 0.341 e. The monoisotopic (exact) mass is 359 g/mol. The fraction of sp³-hybridized carbons (Fsp3) is 0.368. The molecule has 0 spiro atoms. The number of carboxylic acid groups (broad SMARTS) is 1. The molecule has 1 aromatic heterocycles. The topological polar surface area (TPSA) is 68.5 Å². The molecule has 0 radical (unpaired) electrons. The Bertz CT molecular complexity index is 930. The van der Waals surface area contributed by atoms with Gasteiger partial charge in [-0.05, 0) is 43.4 Å². The van der Waals surface area contributed by atoms with Crippen molar-refractivity contribution in [3.63, 3.8) is 0 Å². The number of halogens is 1. The number of hydrogen-bond donors (Lipinski definition) is 1. The summed E-state index contributed by atoms with van der Waals surface area (Å²) >= 11 is 6.29. The largest absolute Gasteiger partial charge is 0.491 e. The van der Waals surface area contributed by atoms with Crippen LogP contribution in [0.4, 0.5) is 0 Å². The van der Waals surface area contributed by atoms with Gasteiger partial charge in [-0.3, -0.25) is 4.79 Å². The normalized spacial score (nSPS) is 19.2. The van der Waals surface area contributed by atoms with E-state index >= 15 is 0 Å². The van der Waals surface area contributed by atoms with Crippen molar-refractivity contribution < 1.29 is 14.6 Å². The quantitative estimate of drug-likeness (QED) is 0.882. The zero-order valence-corrected chi connectivity index (χ0v) is 14.5. The van der Waals surface area contributed by atoms with Gasteiger partial charge < -0.3 is 14.4 Å². The Hall–Kier alpha value is -2.27. The Kier molecular flexibility index (Phi) is 3.84. The Labute approximate surface area is 149 Å². The third-order valence-electron chi connectivity index (χ3n) is 5.31. The number of ether oxygens (including phenoxy) is 1. The van der Waals surface area contributed by atoms with E-state index in [1.807, 2.05) is 17.6 Å². The number of carbonyl (C=O) groups is 1. The average molecular weight is 360 g/mol. The van der Waals surface area contributed by atoms with Gasteiger partial charge in [0, 0.05) is 22.8 Å². The summed E-state index contributed by atoms with van der Waals surface area (Å²) in [4.78, 5) is 23.7. The molecule has 2 aliphatic rings. The summed E-state index contributed by atoms with van der Waals surface area (Å²) in [6, 6.07) is 5.07. The number of rotatable bonds is 2. The Morgan fingerprint density at radius 3 is 2.72 bits per heavy atom. The maximum atomic E-state index is 12.3. The van der Waals surface area contributed by atoms with Gasteiger partial charge in [0.25, 0.3) is 0 Å². The molecule has 4 rings (SSSR count). The second-order valence-electron chi connectivity index (χ2n) is 6.82. The molecule has 1 fully saturated rings. The van der Waals surface area contributed by atoms with E-state index in [1.165, 1.54) is 18.7 Å². The van der Waals surface area contributed by atoms with E-state index in [0.29, 0.717) is 29.0 Å². The van der Waals surface area contributed by atoms with E-state index in [-0.39, 0.29) is 11.6 Å². The van der Waals surface area contributed by atoms with Gasteiger partial charge in [-0.15, -0.1) is 0 Å². The first-order chi connectivity index (χ1) is 12.0. The van der Waals surface area contributed by atoms with Crippen LogP contribution in [-0.4, -0.2) is 22.2 Å². The molecule has 1 aliphatic heterocycles. The minimum Gasteiger partial charge on any atom is -0.491 e. The molecule has 25 heavy (non-hydrogen) atoms. The molecule has 1 N–H and O–H groups in total. The lowest BCUT2D eigenvalue weighted by Crippen LogP contribution is -2.31. The molecule has 130 valence electrons. The van der Waals surface area contributed by atoms with Crippen LogP contribution in [0.1, 0.15) is 41.2 Å². The minimum atomic E-state index is -1.21. The molecule has 0 saturated heterocycles. The van der Waals surface area contributed by atoms with Crippen LogP contribution in [0, 0.1) is 12.8 Å². The highest BCUT2D eigenvalue weighted by Crippen LogP contribution is 2.43. The Morgan fingerprint density at radius 2 is 2.08 bits per heavy atom. The lowest BCUT2D eigenvalue weighted by molar-refractivity contribution is 0.0693. The molecule has 1 saturated carbocycles. The summed E-state index contributed by atoms with van der Waals surface area (Å²) in [5.74, 6) is -0.103. The second kappa shape index (κ2) is 5.92. The molecule has 6 heteroatoms. The average Bonchev–Trinajstić information content (AvgIpc) is 2.64. The molecule has 1 atom stereocenters. The van der Waals surface area contributed by atoms with Gasteiger partial charge in [-0.25, -0.2) is 4.79 Å². The first-order valence-electron chi connectivity index (χ1n) is 8.38. The first kappa shape index (κ1) is 16.2. The number of benzene rings is 1. The number of aromatic nitrogens is 1. The predicted molar refractivity (Wildman–Crippen MR) is 94.7 cm³/mol. The fourth-order valence-corrected chi connectivity index (χ4v) is 3.78. The number of nitrogens with zero attached hydrogens (tertiary/aromatic N) is 1. The predicted octanol–water partition coefficient (Wildman–Crippen LogP) is 3.91. The van der Waals surface area contributed by atoms with Crippen molar-refractivity contribution in [2.24, 2.45) is 5.92 Å². The van der Waals surface area contributed by atoms with E-state index in [9.17, 15) is 14.7 Å². The highest BCUT2D eigenvalue weighted by Gasteiger charge is 2.33. The second-order valence-corrected chi connectivity index (χ2v) is 7.22. The van der Waals surface area contributed by atoms with Crippen LogP contribution in [-0.2, 0) is 0 Å². The summed E-state index contributed by atoms with van der Waals surface area (Å²) in [5.41, 5.74) is 1.58. The van der Waals surface area contributed by atoms with Crippen molar-refractivity contribution in [3.05, 3.63) is 50.8 Å². The number of aromatic carboxylic acids is 1. The van der Waals surface area contributed by atoms with Gasteiger partial charge >= 0.3 is 5.97 Å². The molecule has 1 unspecified atom stereocenters. The smallest absolute Gasteiger partial charge is 0.341 e. The molecule has 0 amide bonds. The summed E-state index contributed by atoms with van der Waals surface area (Å²) in [7, 11) is 0. The van der Waals surface area contributed by atoms with Crippen molar-refractivity contribution in [3.8, 4) is 17.0 Å². The first-order valence-corrected chi connectivity index (χ1v) is 8.76. The van der Waals surface area contributed by atoms with E-state index in [2.05, 4.69) is 0 Å². The SMILES string of the molecule is Cc1cc2c(cc1Cl)-c1cc(=O)c(C(=O)O)cn1C(C1CCC1)CO2. The summed E-state index contributed by atoms with van der Waals surface area (Å²) in [6.45, 7) is 2.36. The van der Waals surface area contributed by atoms with Crippen molar-refractivity contribution >= 4 is 17.6 Å². The molecular formula is C19H18ClNO4. The van der Waals surface area contributed by atoms with Crippen molar-refractivity contribution in [1.29, 1.82) is 0 Å². The molecular weight excluding hydrogens is 342 g/mol. The fourth-order valence-electron chi connectivity index (χ4n) is 3.62. The number of aryl methyl sites for hydroxylation is 1. The standard InChI is InChI=1S/C19H18ClNO4/c1-10-5-18-12(6-14(10)20)15-7-17(22)13(19(23)24)8-21(15)16(9-25-18)11-3-2-4-11/h5-8,11,16H,2-4,9H2,1H3,(H,23,24). The van der Waals surface area contributed by atoms with Crippen LogP contribution < -0.4 is 10.2 Å². The lowest BCUT2D eigenvalue weighted by Gasteiger charge is -2.35. The maximum absolute atomic E-state index is 12.3. The van der Waals surface area contributed by atoms with E-state index in [0.717, 1.165) is 24.0 Å². The third-order valence-corrected chi connectivity index (χ3v) is 5.71. The third kappa shape index (κ3) is 2.63. The van der Waals surface area contributed by atoms with Crippen LogP contribution in [0.25, 0.3) is 11.3 Å². The van der Waals surface area contributed by atoms with Gasteiger partial charge in [-0.2, -0.15) is 0 Å². The van der Waals surface area contributed by atoms with Crippen molar-refractivity contribution in [2.75, 3.05) is 6.61 Å². The van der Waals surface area contributed by atoms with Gasteiger partial charge in [0.15, 0.2) is 5.43 Å². The van der Waals surface area contributed by atoms with Gasteiger partial charge in [0.05, 0.1) is 11.7 Å².